The van der Waals surface area contributed by atoms with Gasteiger partial charge in [0.05, 0.1) is 23.9 Å². The van der Waals surface area contributed by atoms with Gasteiger partial charge in [-0.05, 0) is 58.1 Å². The molecule has 38 heavy (non-hydrogen) atoms. The highest BCUT2D eigenvalue weighted by Crippen LogP contribution is 2.47. The van der Waals surface area contributed by atoms with Crippen LogP contribution in [0.1, 0.15) is 88.3 Å². The minimum absolute atomic E-state index is 0.131. The van der Waals surface area contributed by atoms with Crippen molar-refractivity contribution in [3.8, 4) is 11.3 Å². The molecule has 6 rings (SSSR count). The van der Waals surface area contributed by atoms with E-state index >= 15 is 0 Å². The highest BCUT2D eigenvalue weighted by atomic mass is 32.1. The van der Waals surface area contributed by atoms with Crippen LogP contribution in [0, 0.1) is 6.92 Å². The SMILES string of the molecule is Cc1cc2ncnn2cc1-c1c(C(C)C)c2nc(C3CCC4(CC3)OCCO4)sc2n1C(=O)OC(C)(C)C. The molecule has 1 saturated heterocycles. The van der Waals surface area contributed by atoms with Crippen LogP contribution in [0.5, 0.6) is 0 Å². The first-order chi connectivity index (χ1) is 18.1. The predicted molar refractivity (Wildman–Crippen MR) is 146 cm³/mol. The molecule has 4 aromatic rings. The van der Waals surface area contributed by atoms with Crippen molar-refractivity contribution in [2.24, 2.45) is 0 Å². The van der Waals surface area contributed by atoms with Crippen molar-refractivity contribution in [3.63, 3.8) is 0 Å². The molecular formula is C28H35N5O4S. The van der Waals surface area contributed by atoms with Gasteiger partial charge in [-0.25, -0.2) is 23.8 Å². The number of fused-ring (bicyclic) bond motifs is 2. The first-order valence-electron chi connectivity index (χ1n) is 13.4. The Balaban J connectivity index is 1.51. The topological polar surface area (TPSA) is 92.8 Å². The number of rotatable bonds is 3. The molecule has 0 N–H and O–H groups in total. The third kappa shape index (κ3) is 4.32. The van der Waals surface area contributed by atoms with Crippen molar-refractivity contribution in [1.29, 1.82) is 0 Å². The Hall–Kier alpha value is -2.82. The van der Waals surface area contributed by atoms with Crippen LogP contribution in [-0.4, -0.2) is 54.8 Å². The normalized spacial score (nSPS) is 18.4. The van der Waals surface area contributed by atoms with E-state index in [0.717, 1.165) is 69.1 Å². The smallest absolute Gasteiger partial charge is 0.420 e. The Morgan fingerprint density at radius 3 is 2.58 bits per heavy atom. The molecule has 9 nitrogen and oxygen atoms in total. The van der Waals surface area contributed by atoms with E-state index in [9.17, 15) is 4.79 Å². The summed E-state index contributed by atoms with van der Waals surface area (Å²) in [4.78, 5) is 24.2. The molecule has 0 atom stereocenters. The standard InChI is InChI=1S/C28H35N5O4S/c1-16(2)21-22-25(38-24(31-22)18-7-9-28(10-8-18)35-11-12-36-28)33(26(34)37-27(4,5)6)23(21)19-14-32-20(13-17(19)3)29-15-30-32/h13-16,18H,7-12H2,1-6H3. The lowest BCUT2D eigenvalue weighted by Crippen LogP contribution is -2.34. The van der Waals surface area contributed by atoms with Crippen LogP contribution in [0.25, 0.3) is 27.3 Å². The van der Waals surface area contributed by atoms with Crippen LogP contribution < -0.4 is 0 Å². The number of carbonyl (C=O) groups is 1. The molecule has 1 aliphatic carbocycles. The average molecular weight is 538 g/mol. The quantitative estimate of drug-likeness (QED) is 0.298. The number of aromatic nitrogens is 5. The Morgan fingerprint density at radius 1 is 1.21 bits per heavy atom. The molecule has 0 radical (unpaired) electrons. The van der Waals surface area contributed by atoms with Gasteiger partial charge in [0.1, 0.15) is 22.3 Å². The van der Waals surface area contributed by atoms with Crippen LogP contribution in [0.3, 0.4) is 0 Å². The number of thiazole rings is 1. The van der Waals surface area contributed by atoms with Crippen LogP contribution in [0.2, 0.25) is 0 Å². The Labute approximate surface area is 226 Å². The Bertz CT molecular complexity index is 1510. The molecule has 2 aliphatic rings. The number of nitrogens with zero attached hydrogens (tertiary/aromatic N) is 5. The van der Waals surface area contributed by atoms with Crippen molar-refractivity contribution in [2.45, 2.75) is 90.4 Å². The van der Waals surface area contributed by atoms with Gasteiger partial charge in [-0.15, -0.1) is 0 Å². The number of ether oxygens (including phenoxy) is 3. The van der Waals surface area contributed by atoms with E-state index in [-0.39, 0.29) is 5.92 Å². The molecule has 2 fully saturated rings. The van der Waals surface area contributed by atoms with E-state index in [1.165, 1.54) is 6.33 Å². The zero-order valence-electron chi connectivity index (χ0n) is 22.9. The van der Waals surface area contributed by atoms with Crippen molar-refractivity contribution in [2.75, 3.05) is 13.2 Å². The summed E-state index contributed by atoms with van der Waals surface area (Å²) in [5, 5.41) is 5.41. The summed E-state index contributed by atoms with van der Waals surface area (Å²) in [5.41, 5.74) is 4.80. The summed E-state index contributed by atoms with van der Waals surface area (Å²) >= 11 is 1.61. The van der Waals surface area contributed by atoms with Gasteiger partial charge in [0.15, 0.2) is 11.4 Å². The second-order valence-corrected chi connectivity index (χ2v) is 12.8. The van der Waals surface area contributed by atoms with Gasteiger partial charge in [0, 0.05) is 36.1 Å². The fourth-order valence-electron chi connectivity index (χ4n) is 5.75. The number of hydrogen-bond acceptors (Lipinski definition) is 8. The summed E-state index contributed by atoms with van der Waals surface area (Å²) in [6, 6.07) is 2.00. The van der Waals surface area contributed by atoms with Crippen molar-refractivity contribution in [3.05, 3.63) is 34.7 Å². The Morgan fingerprint density at radius 2 is 1.92 bits per heavy atom. The molecule has 10 heteroatoms. The minimum atomic E-state index is -0.639. The van der Waals surface area contributed by atoms with Crippen molar-refractivity contribution >= 4 is 33.4 Å². The van der Waals surface area contributed by atoms with Crippen LogP contribution in [0.15, 0.2) is 18.6 Å². The maximum atomic E-state index is 13.8. The summed E-state index contributed by atoms with van der Waals surface area (Å²) in [6.45, 7) is 13.4. The molecule has 0 bridgehead atoms. The van der Waals surface area contributed by atoms with Gasteiger partial charge in [-0.1, -0.05) is 25.2 Å². The molecule has 4 aromatic heterocycles. The monoisotopic (exact) mass is 537 g/mol. The second-order valence-electron chi connectivity index (χ2n) is 11.8. The van der Waals surface area contributed by atoms with Gasteiger partial charge >= 0.3 is 6.09 Å². The first kappa shape index (κ1) is 25.5. The number of carbonyl (C=O) groups excluding carboxylic acids is 1. The van der Waals surface area contributed by atoms with Gasteiger partial charge in [-0.3, -0.25) is 0 Å². The van der Waals surface area contributed by atoms with E-state index in [4.69, 9.17) is 19.2 Å². The lowest BCUT2D eigenvalue weighted by molar-refractivity contribution is -0.178. The largest absolute Gasteiger partial charge is 0.443 e. The number of hydrogen-bond donors (Lipinski definition) is 0. The highest BCUT2D eigenvalue weighted by molar-refractivity contribution is 7.18. The fourth-order valence-corrected chi connectivity index (χ4v) is 7.00. The van der Waals surface area contributed by atoms with E-state index in [2.05, 4.69) is 23.9 Å². The predicted octanol–water partition coefficient (Wildman–Crippen LogP) is 6.42. The van der Waals surface area contributed by atoms with E-state index in [1.807, 2.05) is 40.0 Å². The van der Waals surface area contributed by atoms with E-state index in [1.54, 1.807) is 20.4 Å². The lowest BCUT2D eigenvalue weighted by atomic mass is 9.85. The first-order valence-corrected chi connectivity index (χ1v) is 14.2. The molecule has 0 aromatic carbocycles. The van der Waals surface area contributed by atoms with Gasteiger partial charge < -0.3 is 14.2 Å². The third-order valence-corrected chi connectivity index (χ3v) is 8.71. The summed E-state index contributed by atoms with van der Waals surface area (Å²) in [7, 11) is 0. The number of pyridine rings is 1. The fraction of sp³-hybridized carbons (Fsp3) is 0.571. The molecule has 1 saturated carbocycles. The third-order valence-electron chi connectivity index (χ3n) is 7.50. The zero-order chi connectivity index (χ0) is 26.8. The second kappa shape index (κ2) is 9.14. The summed E-state index contributed by atoms with van der Waals surface area (Å²) in [5.74, 6) is 0.0358. The van der Waals surface area contributed by atoms with Crippen LogP contribution in [0.4, 0.5) is 4.79 Å². The average Bonchev–Trinajstić information content (AvgIpc) is 3.61. The lowest BCUT2D eigenvalue weighted by Gasteiger charge is -2.34. The minimum Gasteiger partial charge on any atom is -0.443 e. The molecule has 1 spiro atoms. The Kier molecular flexibility index (Phi) is 6.12. The molecule has 0 amide bonds. The highest BCUT2D eigenvalue weighted by Gasteiger charge is 2.42. The maximum Gasteiger partial charge on any atom is 0.420 e. The van der Waals surface area contributed by atoms with Gasteiger partial charge in [0.2, 0.25) is 0 Å². The molecule has 1 aliphatic heterocycles. The maximum absolute atomic E-state index is 13.8. The van der Waals surface area contributed by atoms with Crippen molar-refractivity contribution < 1.29 is 19.0 Å². The molecule has 0 unspecified atom stereocenters. The van der Waals surface area contributed by atoms with Crippen LogP contribution >= 0.6 is 11.3 Å². The zero-order valence-corrected chi connectivity index (χ0v) is 23.7. The van der Waals surface area contributed by atoms with Crippen molar-refractivity contribution in [1.82, 2.24) is 24.1 Å². The van der Waals surface area contributed by atoms with E-state index in [0.29, 0.717) is 19.1 Å². The molecule has 202 valence electrons. The van der Waals surface area contributed by atoms with Gasteiger partial charge in [-0.2, -0.15) is 5.10 Å². The number of aryl methyl sites for hydroxylation is 1. The van der Waals surface area contributed by atoms with Gasteiger partial charge in [0.25, 0.3) is 0 Å². The van der Waals surface area contributed by atoms with E-state index < -0.39 is 17.5 Å². The summed E-state index contributed by atoms with van der Waals surface area (Å²) < 4.78 is 21.3. The molecular weight excluding hydrogens is 502 g/mol. The van der Waals surface area contributed by atoms with Crippen LogP contribution in [-0.2, 0) is 14.2 Å². The molecule has 5 heterocycles. The summed E-state index contributed by atoms with van der Waals surface area (Å²) in [6.07, 6.45) is 6.74.